The van der Waals surface area contributed by atoms with Crippen LogP contribution in [0.3, 0.4) is 0 Å². The van der Waals surface area contributed by atoms with E-state index in [0.29, 0.717) is 36.6 Å². The molecule has 0 aliphatic rings. The topological polar surface area (TPSA) is 96.3 Å². The third-order valence-corrected chi connectivity index (χ3v) is 11.7. The van der Waals surface area contributed by atoms with Gasteiger partial charge in [0.2, 0.25) is 6.39 Å². The first-order chi connectivity index (χ1) is 26.8. The molecule has 0 saturated carbocycles. The van der Waals surface area contributed by atoms with Crippen LogP contribution in [0.5, 0.6) is 11.5 Å². The summed E-state index contributed by atoms with van der Waals surface area (Å²) in [6, 6.07) is 20.5. The highest BCUT2D eigenvalue weighted by Crippen LogP contribution is 2.52. The average molecular weight is 767 g/mol. The van der Waals surface area contributed by atoms with Crippen LogP contribution in [-0.4, -0.2) is 33.6 Å². The monoisotopic (exact) mass is 766 g/mol. The zero-order valence-corrected chi connectivity index (χ0v) is 33.5. The lowest BCUT2D eigenvalue weighted by Crippen LogP contribution is -2.02. The summed E-state index contributed by atoms with van der Waals surface area (Å²) in [7, 11) is 0. The minimum Gasteiger partial charge on any atom is -0.489 e. The summed E-state index contributed by atoms with van der Waals surface area (Å²) in [5.74, 6) is 2.72. The van der Waals surface area contributed by atoms with Gasteiger partial charge in [0, 0.05) is 16.5 Å². The van der Waals surface area contributed by atoms with Crippen LogP contribution in [0.15, 0.2) is 81.3 Å². The highest BCUT2D eigenvalue weighted by Gasteiger charge is 2.29. The molecule has 0 N–H and O–H groups in total. The van der Waals surface area contributed by atoms with E-state index >= 15 is 0 Å². The summed E-state index contributed by atoms with van der Waals surface area (Å²) < 4.78 is 25.2. The lowest BCUT2D eigenvalue weighted by molar-refractivity contribution is 0.261. The predicted molar refractivity (Wildman–Crippen MR) is 221 cm³/mol. The van der Waals surface area contributed by atoms with Crippen molar-refractivity contribution in [1.82, 2.24) is 20.4 Å². The van der Waals surface area contributed by atoms with Gasteiger partial charge in [0.05, 0.1) is 13.2 Å². The number of benzene rings is 2. The molecule has 6 rings (SSSR count). The Labute approximate surface area is 328 Å². The molecule has 0 aliphatic heterocycles. The molecule has 8 nitrogen and oxygen atoms in total. The summed E-state index contributed by atoms with van der Waals surface area (Å²) in [5.41, 5.74) is 4.00. The number of aromatic nitrogens is 4. The number of thiophene rings is 2. The van der Waals surface area contributed by atoms with Gasteiger partial charge in [0.1, 0.15) is 14.6 Å². The molecule has 0 aliphatic carbocycles. The van der Waals surface area contributed by atoms with Gasteiger partial charge in [-0.2, -0.15) is 0 Å². The molecule has 0 saturated heterocycles. The summed E-state index contributed by atoms with van der Waals surface area (Å²) >= 11 is 3.03. The quantitative estimate of drug-likeness (QED) is 0.0531. The average Bonchev–Trinajstić information content (AvgIpc) is 4.04. The van der Waals surface area contributed by atoms with E-state index in [0.717, 1.165) is 61.9 Å². The van der Waals surface area contributed by atoms with Crippen LogP contribution in [0.1, 0.15) is 117 Å². The van der Waals surface area contributed by atoms with Gasteiger partial charge in [-0.05, 0) is 24.0 Å². The van der Waals surface area contributed by atoms with Crippen molar-refractivity contribution >= 4 is 22.7 Å². The van der Waals surface area contributed by atoms with Crippen LogP contribution in [-0.2, 0) is 0 Å². The second-order valence-electron chi connectivity index (χ2n) is 13.8. The Kier molecular flexibility index (Phi) is 15.7. The Morgan fingerprint density at radius 3 is 1.57 bits per heavy atom. The van der Waals surface area contributed by atoms with Crippen molar-refractivity contribution in [2.24, 2.45) is 0 Å². The lowest BCUT2D eigenvalue weighted by Gasteiger charge is -2.11. The molecule has 0 fully saturated rings. The van der Waals surface area contributed by atoms with Gasteiger partial charge in [0.25, 0.3) is 17.7 Å². The van der Waals surface area contributed by atoms with Crippen molar-refractivity contribution in [3.05, 3.63) is 72.4 Å². The molecule has 0 spiro atoms. The lowest BCUT2D eigenvalue weighted by atomic mass is 9.94. The third kappa shape index (κ3) is 10.7. The minimum absolute atomic E-state index is 0.413. The van der Waals surface area contributed by atoms with E-state index in [9.17, 15) is 0 Å². The smallest absolute Gasteiger partial charge is 0.262 e. The van der Waals surface area contributed by atoms with Gasteiger partial charge in [-0.3, -0.25) is 0 Å². The molecule has 4 heterocycles. The predicted octanol–water partition coefficient (Wildman–Crippen LogP) is 13.9. The Morgan fingerprint density at radius 1 is 0.537 bits per heavy atom. The number of nitrogens with zero attached hydrogens (tertiary/aromatic N) is 4. The number of rotatable bonds is 25. The fraction of sp³-hybridized carbons (Fsp3) is 0.455. The van der Waals surface area contributed by atoms with Crippen LogP contribution < -0.4 is 9.47 Å². The molecule has 2 aromatic carbocycles. The van der Waals surface area contributed by atoms with Gasteiger partial charge in [-0.1, -0.05) is 164 Å². The molecular weight excluding hydrogens is 713 g/mol. The second-order valence-corrected chi connectivity index (χ2v) is 15.7. The SMILES string of the molecule is CCCCCCCCCCOc1csc(-c2nnc(-c3sc(-c4nnco4)c(-c4ccccc4)c3-c3ccccc3)o2)c1OCCCCCCCCCC. The molecule has 6 aromatic rings. The van der Waals surface area contributed by atoms with Crippen LogP contribution in [0.25, 0.3) is 54.6 Å². The van der Waals surface area contributed by atoms with E-state index in [1.165, 1.54) is 113 Å². The Bertz CT molecular complexity index is 1920. The van der Waals surface area contributed by atoms with E-state index in [4.69, 9.17) is 18.3 Å². The van der Waals surface area contributed by atoms with E-state index in [-0.39, 0.29) is 0 Å². The molecule has 0 amide bonds. The maximum absolute atomic E-state index is 6.58. The summed E-state index contributed by atoms with van der Waals surface area (Å²) in [6.45, 7) is 5.80. The fourth-order valence-electron chi connectivity index (χ4n) is 6.72. The number of hydrogen-bond acceptors (Lipinski definition) is 10. The Morgan fingerprint density at radius 2 is 1.04 bits per heavy atom. The molecule has 0 atom stereocenters. The highest BCUT2D eigenvalue weighted by molar-refractivity contribution is 7.20. The molecule has 0 radical (unpaired) electrons. The zero-order chi connectivity index (χ0) is 37.2. The van der Waals surface area contributed by atoms with E-state index < -0.39 is 0 Å². The van der Waals surface area contributed by atoms with Crippen LogP contribution in [0.2, 0.25) is 0 Å². The standard InChI is InChI=1S/C44H54N4O4S2/c1-3-5-7-9-11-13-15-23-29-49-35-31-53-41(38(35)50-30-24-16-14-12-10-8-6-4-2)44-48-47-43(52-44)40-37(34-27-21-18-22-28-34)36(33-25-19-17-20-26-33)39(54-40)42-46-45-32-51-42/h17-22,25-28,31-32H,3-16,23-24,29-30H2,1-2H3. The first-order valence-corrected chi connectivity index (χ1v) is 21.7. The van der Waals surface area contributed by atoms with E-state index in [2.05, 4.69) is 58.5 Å². The fourth-order valence-corrected chi connectivity index (χ4v) is 8.76. The van der Waals surface area contributed by atoms with Crippen molar-refractivity contribution < 1.29 is 18.3 Å². The zero-order valence-electron chi connectivity index (χ0n) is 31.9. The first kappa shape index (κ1) is 39.4. The molecule has 10 heteroatoms. The number of unbranched alkanes of at least 4 members (excludes halogenated alkanes) is 14. The molecule has 0 bridgehead atoms. The van der Waals surface area contributed by atoms with Crippen molar-refractivity contribution in [1.29, 1.82) is 0 Å². The normalized spacial score (nSPS) is 11.4. The summed E-state index contributed by atoms with van der Waals surface area (Å²) in [4.78, 5) is 2.46. The van der Waals surface area contributed by atoms with Gasteiger partial charge >= 0.3 is 0 Å². The van der Waals surface area contributed by atoms with Crippen LogP contribution >= 0.6 is 22.7 Å². The van der Waals surface area contributed by atoms with Crippen LogP contribution in [0.4, 0.5) is 0 Å². The van der Waals surface area contributed by atoms with Crippen molar-refractivity contribution in [3.8, 4) is 66.1 Å². The first-order valence-electron chi connectivity index (χ1n) is 20.0. The van der Waals surface area contributed by atoms with Gasteiger partial charge in [0.15, 0.2) is 11.5 Å². The van der Waals surface area contributed by atoms with Gasteiger partial charge in [-0.15, -0.1) is 43.1 Å². The van der Waals surface area contributed by atoms with Gasteiger partial charge < -0.3 is 18.3 Å². The molecule has 286 valence electrons. The molecule has 4 aromatic heterocycles. The summed E-state index contributed by atoms with van der Waals surface area (Å²) in [6.07, 6.45) is 21.3. The molecule has 0 unspecified atom stereocenters. The number of hydrogen-bond donors (Lipinski definition) is 0. The molecular formula is C44H54N4O4S2. The third-order valence-electron chi connectivity index (χ3n) is 9.61. The van der Waals surface area contributed by atoms with Crippen LogP contribution in [0, 0.1) is 0 Å². The minimum atomic E-state index is 0.413. The van der Waals surface area contributed by atoms with Gasteiger partial charge in [-0.25, -0.2) is 0 Å². The Balaban J connectivity index is 1.25. The van der Waals surface area contributed by atoms with E-state index in [1.54, 1.807) is 0 Å². The Hall–Kier alpha value is -4.28. The number of ether oxygens (including phenoxy) is 2. The molecule has 54 heavy (non-hydrogen) atoms. The second kappa shape index (κ2) is 21.6. The van der Waals surface area contributed by atoms with Crippen molar-refractivity contribution in [2.45, 2.75) is 117 Å². The van der Waals surface area contributed by atoms with Crippen molar-refractivity contribution in [2.75, 3.05) is 13.2 Å². The van der Waals surface area contributed by atoms with E-state index in [1.807, 2.05) is 41.8 Å². The maximum atomic E-state index is 6.58. The summed E-state index contributed by atoms with van der Waals surface area (Å²) in [5, 5.41) is 19.6. The largest absolute Gasteiger partial charge is 0.489 e. The maximum Gasteiger partial charge on any atom is 0.262 e. The van der Waals surface area contributed by atoms with Crippen molar-refractivity contribution in [3.63, 3.8) is 0 Å². The highest BCUT2D eigenvalue weighted by atomic mass is 32.1.